The second kappa shape index (κ2) is 8.78. The molecule has 0 heterocycles. The number of carbonyl (C=O) groups is 1. The molecule has 5 heteroatoms. The first-order valence-corrected chi connectivity index (χ1v) is 8.63. The van der Waals surface area contributed by atoms with Crippen LogP contribution >= 0.6 is 11.8 Å². The number of thioether (sulfide) groups is 1. The predicted molar refractivity (Wildman–Crippen MR) is 86.2 cm³/mol. The van der Waals surface area contributed by atoms with Crippen molar-refractivity contribution in [1.29, 1.82) is 0 Å². The molecule has 0 aliphatic rings. The molecule has 0 saturated heterocycles. The van der Waals surface area contributed by atoms with Crippen molar-refractivity contribution in [3.05, 3.63) is 0 Å². The molecule has 0 aromatic rings. The molecule has 120 valence electrons. The molecule has 0 aliphatic carbocycles. The standard InChI is InChI=1S/C15H31NO3S/c1-12(2)15(11-17,8-7-9-20-6)10-16-13(18)19-14(3,4)5/h12,17H,7-11H2,1-6H3,(H,16,18). The zero-order chi connectivity index (χ0) is 15.8. The third-order valence-electron chi connectivity index (χ3n) is 3.55. The van der Waals surface area contributed by atoms with Crippen LogP contribution in [-0.2, 0) is 4.74 Å². The van der Waals surface area contributed by atoms with Gasteiger partial charge in [-0.25, -0.2) is 4.79 Å². The lowest BCUT2D eigenvalue weighted by Gasteiger charge is -2.36. The third kappa shape index (κ3) is 7.39. The molecular formula is C15H31NO3S. The smallest absolute Gasteiger partial charge is 0.407 e. The molecule has 0 rings (SSSR count). The van der Waals surface area contributed by atoms with Crippen LogP contribution in [0.5, 0.6) is 0 Å². The molecule has 1 amide bonds. The van der Waals surface area contributed by atoms with Crippen LogP contribution in [0.15, 0.2) is 0 Å². The van der Waals surface area contributed by atoms with Crippen molar-refractivity contribution in [3.8, 4) is 0 Å². The summed E-state index contributed by atoms with van der Waals surface area (Å²) in [5.41, 5.74) is -0.769. The summed E-state index contributed by atoms with van der Waals surface area (Å²) in [4.78, 5) is 11.8. The maximum atomic E-state index is 11.8. The molecule has 1 unspecified atom stereocenters. The Morgan fingerprint density at radius 1 is 1.35 bits per heavy atom. The summed E-state index contributed by atoms with van der Waals surface area (Å²) in [5.74, 6) is 1.37. The van der Waals surface area contributed by atoms with Gasteiger partial charge in [-0.1, -0.05) is 13.8 Å². The lowest BCUT2D eigenvalue weighted by Crippen LogP contribution is -2.45. The van der Waals surface area contributed by atoms with Crippen LogP contribution in [-0.4, -0.2) is 42.0 Å². The molecule has 0 aromatic heterocycles. The number of ether oxygens (including phenoxy) is 1. The minimum Gasteiger partial charge on any atom is -0.444 e. The number of rotatable bonds is 8. The second-order valence-electron chi connectivity index (χ2n) is 6.63. The number of aliphatic hydroxyl groups excluding tert-OH is 1. The van der Waals surface area contributed by atoms with E-state index in [9.17, 15) is 9.90 Å². The Morgan fingerprint density at radius 2 is 1.95 bits per heavy atom. The summed E-state index contributed by atoms with van der Waals surface area (Å²) in [6.45, 7) is 10.2. The molecule has 0 saturated carbocycles. The minimum absolute atomic E-state index is 0.0782. The fraction of sp³-hybridized carbons (Fsp3) is 0.933. The molecule has 4 nitrogen and oxygen atoms in total. The zero-order valence-electron chi connectivity index (χ0n) is 13.8. The van der Waals surface area contributed by atoms with Crippen molar-refractivity contribution in [2.75, 3.05) is 25.2 Å². The van der Waals surface area contributed by atoms with Gasteiger partial charge in [-0.2, -0.15) is 11.8 Å². The van der Waals surface area contributed by atoms with E-state index < -0.39 is 11.7 Å². The van der Waals surface area contributed by atoms with E-state index in [1.54, 1.807) is 11.8 Å². The number of hydrogen-bond acceptors (Lipinski definition) is 4. The molecule has 0 radical (unpaired) electrons. The van der Waals surface area contributed by atoms with Gasteiger partial charge < -0.3 is 15.2 Å². The van der Waals surface area contributed by atoms with Gasteiger partial charge in [-0.15, -0.1) is 0 Å². The van der Waals surface area contributed by atoms with E-state index in [1.165, 1.54) is 0 Å². The number of amides is 1. The number of carbonyl (C=O) groups excluding carboxylic acids is 1. The summed E-state index contributed by atoms with van der Waals surface area (Å²) in [5, 5.41) is 12.6. The van der Waals surface area contributed by atoms with E-state index in [1.807, 2.05) is 20.8 Å². The van der Waals surface area contributed by atoms with Crippen LogP contribution in [0.3, 0.4) is 0 Å². The van der Waals surface area contributed by atoms with Gasteiger partial charge in [0.2, 0.25) is 0 Å². The maximum Gasteiger partial charge on any atom is 0.407 e. The van der Waals surface area contributed by atoms with Crippen LogP contribution in [0.4, 0.5) is 4.79 Å². The quantitative estimate of drug-likeness (QED) is 0.676. The lowest BCUT2D eigenvalue weighted by atomic mass is 9.74. The summed E-state index contributed by atoms with van der Waals surface area (Å²) in [7, 11) is 0. The van der Waals surface area contributed by atoms with Gasteiger partial charge in [0.25, 0.3) is 0 Å². The Balaban J connectivity index is 4.53. The van der Waals surface area contributed by atoms with E-state index in [0.29, 0.717) is 12.5 Å². The molecule has 2 N–H and O–H groups in total. The van der Waals surface area contributed by atoms with Crippen LogP contribution < -0.4 is 5.32 Å². The van der Waals surface area contributed by atoms with Gasteiger partial charge in [0.1, 0.15) is 5.60 Å². The van der Waals surface area contributed by atoms with Crippen LogP contribution in [0.1, 0.15) is 47.5 Å². The Labute approximate surface area is 128 Å². The minimum atomic E-state index is -0.497. The van der Waals surface area contributed by atoms with Crippen molar-refractivity contribution in [3.63, 3.8) is 0 Å². The van der Waals surface area contributed by atoms with E-state index in [-0.39, 0.29) is 12.0 Å². The zero-order valence-corrected chi connectivity index (χ0v) is 14.6. The van der Waals surface area contributed by atoms with Crippen LogP contribution in [0, 0.1) is 11.3 Å². The SMILES string of the molecule is CSCCCC(CO)(CNC(=O)OC(C)(C)C)C(C)C. The fourth-order valence-electron chi connectivity index (χ4n) is 2.03. The van der Waals surface area contributed by atoms with Gasteiger partial charge in [0.15, 0.2) is 0 Å². The molecule has 0 aliphatic heterocycles. The normalized spacial score (nSPS) is 15.0. The number of alkyl carbamates (subject to hydrolysis) is 1. The van der Waals surface area contributed by atoms with E-state index in [2.05, 4.69) is 25.4 Å². The second-order valence-corrected chi connectivity index (χ2v) is 7.61. The molecule has 0 spiro atoms. The summed E-state index contributed by atoms with van der Waals surface area (Å²) in [6, 6.07) is 0. The average molecular weight is 305 g/mol. The molecule has 1 atom stereocenters. The van der Waals surface area contributed by atoms with Gasteiger partial charge in [-0.3, -0.25) is 0 Å². The van der Waals surface area contributed by atoms with Gasteiger partial charge in [0, 0.05) is 12.0 Å². The Hall–Kier alpha value is -0.420. The average Bonchev–Trinajstić information content (AvgIpc) is 2.31. The van der Waals surface area contributed by atoms with E-state index >= 15 is 0 Å². The Morgan fingerprint density at radius 3 is 2.35 bits per heavy atom. The highest BCUT2D eigenvalue weighted by molar-refractivity contribution is 7.98. The van der Waals surface area contributed by atoms with Crippen LogP contribution in [0.25, 0.3) is 0 Å². The molecular weight excluding hydrogens is 274 g/mol. The largest absolute Gasteiger partial charge is 0.444 e. The first-order chi connectivity index (χ1) is 9.17. The molecule has 0 fully saturated rings. The predicted octanol–water partition coefficient (Wildman–Crippen LogP) is 3.29. The third-order valence-corrected chi connectivity index (χ3v) is 4.24. The van der Waals surface area contributed by atoms with Crippen molar-refractivity contribution in [2.45, 2.75) is 53.1 Å². The highest BCUT2D eigenvalue weighted by Gasteiger charge is 2.33. The van der Waals surface area contributed by atoms with Crippen molar-refractivity contribution in [1.82, 2.24) is 5.32 Å². The van der Waals surface area contributed by atoms with Gasteiger partial charge in [-0.05, 0) is 51.5 Å². The van der Waals surface area contributed by atoms with Crippen molar-refractivity contribution >= 4 is 17.9 Å². The monoisotopic (exact) mass is 305 g/mol. The first-order valence-electron chi connectivity index (χ1n) is 7.23. The summed E-state index contributed by atoms with van der Waals surface area (Å²) >= 11 is 1.80. The Bertz CT molecular complexity index is 289. The van der Waals surface area contributed by atoms with Crippen molar-refractivity contribution in [2.24, 2.45) is 11.3 Å². The van der Waals surface area contributed by atoms with Crippen molar-refractivity contribution < 1.29 is 14.6 Å². The van der Waals surface area contributed by atoms with Crippen LogP contribution in [0.2, 0.25) is 0 Å². The van der Waals surface area contributed by atoms with E-state index in [0.717, 1.165) is 18.6 Å². The highest BCUT2D eigenvalue weighted by atomic mass is 32.2. The Kier molecular flexibility index (Phi) is 8.59. The van der Waals surface area contributed by atoms with E-state index in [4.69, 9.17) is 4.74 Å². The maximum absolute atomic E-state index is 11.8. The molecule has 0 bridgehead atoms. The first kappa shape index (κ1) is 19.6. The lowest BCUT2D eigenvalue weighted by molar-refractivity contribution is 0.0366. The molecule has 20 heavy (non-hydrogen) atoms. The highest BCUT2D eigenvalue weighted by Crippen LogP contribution is 2.32. The number of hydrogen-bond donors (Lipinski definition) is 2. The molecule has 0 aromatic carbocycles. The topological polar surface area (TPSA) is 58.6 Å². The summed E-state index contributed by atoms with van der Waals surface area (Å²) < 4.78 is 5.25. The summed E-state index contributed by atoms with van der Waals surface area (Å²) in [6.07, 6.45) is 3.60. The number of nitrogens with one attached hydrogen (secondary N) is 1. The van der Waals surface area contributed by atoms with Gasteiger partial charge >= 0.3 is 6.09 Å². The fourth-order valence-corrected chi connectivity index (χ4v) is 2.46. The number of aliphatic hydroxyl groups is 1. The van der Waals surface area contributed by atoms with Gasteiger partial charge in [0.05, 0.1) is 6.61 Å².